The summed E-state index contributed by atoms with van der Waals surface area (Å²) in [6, 6.07) is 2.08. The zero-order valence-electron chi connectivity index (χ0n) is 11.6. The van der Waals surface area contributed by atoms with Gasteiger partial charge >= 0.3 is 0 Å². The zero-order valence-corrected chi connectivity index (χ0v) is 12.4. The number of hydrogen-bond donors (Lipinski definition) is 2. The lowest BCUT2D eigenvalue weighted by Gasteiger charge is -2.12. The van der Waals surface area contributed by atoms with Gasteiger partial charge in [0, 0.05) is 24.3 Å². The first-order valence-electron chi connectivity index (χ1n) is 6.52. The van der Waals surface area contributed by atoms with Crippen LogP contribution < -0.4 is 10.5 Å². The average molecular weight is 316 g/mol. The molecule has 8 heteroatoms. The third-order valence-corrected chi connectivity index (χ3v) is 4.42. The van der Waals surface area contributed by atoms with E-state index < -0.39 is 21.7 Å². The molecule has 1 fully saturated rings. The van der Waals surface area contributed by atoms with Crippen LogP contribution in [0.25, 0.3) is 0 Å². The highest BCUT2D eigenvalue weighted by Gasteiger charge is 2.20. The van der Waals surface area contributed by atoms with Crippen LogP contribution in [0.1, 0.15) is 28.8 Å². The number of hydrogen-bond acceptors (Lipinski definition) is 4. The van der Waals surface area contributed by atoms with E-state index in [9.17, 15) is 17.6 Å². The van der Waals surface area contributed by atoms with E-state index in [2.05, 4.69) is 5.32 Å². The van der Waals surface area contributed by atoms with E-state index in [0.717, 1.165) is 25.0 Å². The number of amides is 1. The standard InChI is InChI=1S/C13H17FN2O4S/c1-8-11(14)5-9(6-12(8)21(15,18)19)13(17)16-7-10-3-2-4-20-10/h5-6,10H,2-4,7H2,1H3,(H,16,17)(H2,15,18,19). The Kier molecular flexibility index (Phi) is 4.60. The molecule has 0 radical (unpaired) electrons. The second-order valence-corrected chi connectivity index (χ2v) is 6.50. The molecule has 1 heterocycles. The Labute approximate surface area is 122 Å². The minimum absolute atomic E-state index is 0.0537. The van der Waals surface area contributed by atoms with Crippen molar-refractivity contribution in [1.82, 2.24) is 5.32 Å². The first-order chi connectivity index (χ1) is 9.79. The van der Waals surface area contributed by atoms with E-state index >= 15 is 0 Å². The van der Waals surface area contributed by atoms with Gasteiger partial charge in [0.05, 0.1) is 11.0 Å². The molecule has 0 aromatic heterocycles. The van der Waals surface area contributed by atoms with E-state index in [4.69, 9.17) is 9.88 Å². The molecule has 116 valence electrons. The summed E-state index contributed by atoms with van der Waals surface area (Å²) in [6.07, 6.45) is 1.74. The van der Waals surface area contributed by atoms with Gasteiger partial charge in [0.25, 0.3) is 5.91 Å². The molecule has 2 rings (SSSR count). The minimum Gasteiger partial charge on any atom is -0.376 e. The molecule has 21 heavy (non-hydrogen) atoms. The Bertz CT molecular complexity index is 654. The number of carbonyl (C=O) groups excluding carboxylic acids is 1. The topological polar surface area (TPSA) is 98.5 Å². The second kappa shape index (κ2) is 6.08. The van der Waals surface area contributed by atoms with Crippen LogP contribution in [0.15, 0.2) is 17.0 Å². The van der Waals surface area contributed by atoms with Crippen molar-refractivity contribution in [2.75, 3.05) is 13.2 Å². The van der Waals surface area contributed by atoms with Gasteiger partial charge in [-0.3, -0.25) is 4.79 Å². The number of nitrogens with one attached hydrogen (secondary N) is 1. The first-order valence-corrected chi connectivity index (χ1v) is 8.06. The number of ether oxygens (including phenoxy) is 1. The summed E-state index contributed by atoms with van der Waals surface area (Å²) < 4.78 is 41.9. The fraction of sp³-hybridized carbons (Fsp3) is 0.462. The van der Waals surface area contributed by atoms with Crippen LogP contribution in [0, 0.1) is 12.7 Å². The largest absolute Gasteiger partial charge is 0.376 e. The molecule has 1 unspecified atom stereocenters. The summed E-state index contributed by atoms with van der Waals surface area (Å²) in [5, 5.41) is 7.62. The molecule has 6 nitrogen and oxygen atoms in total. The molecule has 1 atom stereocenters. The van der Waals surface area contributed by atoms with Crippen LogP contribution in [0.4, 0.5) is 4.39 Å². The number of halogens is 1. The summed E-state index contributed by atoms with van der Waals surface area (Å²) in [5.41, 5.74) is -0.187. The van der Waals surface area contributed by atoms with Gasteiger partial charge in [0.2, 0.25) is 10.0 Å². The van der Waals surface area contributed by atoms with Crippen molar-refractivity contribution in [1.29, 1.82) is 0 Å². The summed E-state index contributed by atoms with van der Waals surface area (Å²) in [5.74, 6) is -1.35. The number of sulfonamides is 1. The maximum absolute atomic E-state index is 13.7. The second-order valence-electron chi connectivity index (χ2n) is 4.97. The zero-order chi connectivity index (χ0) is 15.6. The minimum atomic E-state index is -4.09. The number of rotatable bonds is 4. The number of primary sulfonamides is 1. The van der Waals surface area contributed by atoms with Crippen molar-refractivity contribution >= 4 is 15.9 Å². The normalized spacial score (nSPS) is 18.7. The van der Waals surface area contributed by atoms with Crippen molar-refractivity contribution in [3.8, 4) is 0 Å². The summed E-state index contributed by atoms with van der Waals surface area (Å²) >= 11 is 0. The number of nitrogens with two attached hydrogens (primary N) is 1. The van der Waals surface area contributed by atoms with Crippen LogP contribution in [-0.4, -0.2) is 33.6 Å². The number of carbonyl (C=O) groups is 1. The van der Waals surface area contributed by atoms with Crippen molar-refractivity contribution < 1.29 is 22.3 Å². The van der Waals surface area contributed by atoms with Crippen LogP contribution in [0.5, 0.6) is 0 Å². The van der Waals surface area contributed by atoms with E-state index in [-0.39, 0.29) is 22.1 Å². The average Bonchev–Trinajstić information content (AvgIpc) is 2.90. The lowest BCUT2D eigenvalue weighted by Crippen LogP contribution is -2.32. The summed E-state index contributed by atoms with van der Waals surface area (Å²) in [4.78, 5) is 11.6. The number of benzene rings is 1. The van der Waals surface area contributed by atoms with Gasteiger partial charge in [0.1, 0.15) is 5.82 Å². The van der Waals surface area contributed by atoms with Crippen molar-refractivity contribution in [3.05, 3.63) is 29.1 Å². The van der Waals surface area contributed by atoms with Crippen molar-refractivity contribution in [3.63, 3.8) is 0 Å². The van der Waals surface area contributed by atoms with E-state index in [0.29, 0.717) is 13.2 Å². The maximum Gasteiger partial charge on any atom is 0.251 e. The Morgan fingerprint density at radius 3 is 2.81 bits per heavy atom. The predicted molar refractivity (Wildman–Crippen MR) is 73.8 cm³/mol. The molecule has 0 spiro atoms. The lowest BCUT2D eigenvalue weighted by atomic mass is 10.1. The summed E-state index contributed by atoms with van der Waals surface area (Å²) in [6.45, 7) is 2.26. The van der Waals surface area contributed by atoms with Crippen LogP contribution in [-0.2, 0) is 14.8 Å². The molecule has 3 N–H and O–H groups in total. The fourth-order valence-corrected chi connectivity index (χ4v) is 3.01. The maximum atomic E-state index is 13.7. The lowest BCUT2D eigenvalue weighted by molar-refractivity contribution is 0.0857. The molecule has 1 aromatic rings. The summed E-state index contributed by atoms with van der Waals surface area (Å²) in [7, 11) is -4.09. The first kappa shape index (κ1) is 15.9. The molecule has 1 aliphatic rings. The van der Waals surface area contributed by atoms with Gasteiger partial charge in [-0.2, -0.15) is 0 Å². The van der Waals surface area contributed by atoms with E-state index in [1.165, 1.54) is 6.92 Å². The monoisotopic (exact) mass is 316 g/mol. The fourth-order valence-electron chi connectivity index (χ4n) is 2.19. The molecule has 1 saturated heterocycles. The highest BCUT2D eigenvalue weighted by molar-refractivity contribution is 7.89. The molecule has 0 bridgehead atoms. The quantitative estimate of drug-likeness (QED) is 0.854. The Morgan fingerprint density at radius 1 is 1.52 bits per heavy atom. The molecular weight excluding hydrogens is 299 g/mol. The van der Waals surface area contributed by atoms with Gasteiger partial charge in [-0.1, -0.05) is 0 Å². The predicted octanol–water partition coefficient (Wildman–Crippen LogP) is 0.690. The Morgan fingerprint density at radius 2 is 2.24 bits per heavy atom. The molecule has 0 aliphatic carbocycles. The third kappa shape index (κ3) is 3.78. The van der Waals surface area contributed by atoms with Crippen molar-refractivity contribution in [2.45, 2.75) is 30.8 Å². The van der Waals surface area contributed by atoms with Gasteiger partial charge in [-0.05, 0) is 31.9 Å². The smallest absolute Gasteiger partial charge is 0.251 e. The molecule has 1 aromatic carbocycles. The Balaban J connectivity index is 2.19. The molecule has 1 amide bonds. The van der Waals surface area contributed by atoms with Gasteiger partial charge in [-0.25, -0.2) is 17.9 Å². The SMILES string of the molecule is Cc1c(F)cc(C(=O)NCC2CCCO2)cc1S(N)(=O)=O. The third-order valence-electron chi connectivity index (χ3n) is 3.38. The highest BCUT2D eigenvalue weighted by Crippen LogP contribution is 2.19. The highest BCUT2D eigenvalue weighted by atomic mass is 32.2. The molecular formula is C13H17FN2O4S. The van der Waals surface area contributed by atoms with Gasteiger partial charge in [-0.15, -0.1) is 0 Å². The molecule has 1 aliphatic heterocycles. The van der Waals surface area contributed by atoms with Crippen LogP contribution >= 0.6 is 0 Å². The van der Waals surface area contributed by atoms with E-state index in [1.54, 1.807) is 0 Å². The Hall–Kier alpha value is -1.51. The van der Waals surface area contributed by atoms with Crippen molar-refractivity contribution in [2.24, 2.45) is 5.14 Å². The van der Waals surface area contributed by atoms with Gasteiger partial charge < -0.3 is 10.1 Å². The van der Waals surface area contributed by atoms with E-state index in [1.807, 2.05) is 0 Å². The molecule has 0 saturated carbocycles. The van der Waals surface area contributed by atoms with Crippen LogP contribution in [0.2, 0.25) is 0 Å². The van der Waals surface area contributed by atoms with Gasteiger partial charge in [0.15, 0.2) is 0 Å². The van der Waals surface area contributed by atoms with Crippen LogP contribution in [0.3, 0.4) is 0 Å².